The molecule has 0 aliphatic carbocycles. The average Bonchev–Trinajstić information content (AvgIpc) is 2.48. The highest BCUT2D eigenvalue weighted by Crippen LogP contribution is 2.27. The van der Waals surface area contributed by atoms with Gasteiger partial charge in [-0.25, -0.2) is 0 Å². The molecule has 0 aliphatic rings. The highest BCUT2D eigenvalue weighted by atomic mass is 35.5. The average molecular weight is 199 g/mol. The topological polar surface area (TPSA) is 25.8 Å². The van der Waals surface area contributed by atoms with Gasteiger partial charge >= 0.3 is 0 Å². The number of nitrogens with zero attached hydrogens (tertiary/aromatic N) is 2. The molecule has 0 saturated heterocycles. The maximum atomic E-state index is 6.08. The Hall–Kier alpha value is -0.670. The summed E-state index contributed by atoms with van der Waals surface area (Å²) in [6.45, 7) is 4.02. The number of hydrogen-bond donors (Lipinski definition) is 0. The first-order chi connectivity index (χ1) is 5.70. The quantitative estimate of drug-likeness (QED) is 0.651. The maximum Gasteiger partial charge on any atom is 0.123 e. The lowest BCUT2D eigenvalue weighted by molar-refractivity contribution is 1.35. The Kier molecular flexibility index (Phi) is 1.77. The Labute approximate surface area is 79.5 Å². The first-order valence-corrected chi connectivity index (χ1v) is 4.69. The van der Waals surface area contributed by atoms with E-state index in [0.29, 0.717) is 0 Å². The van der Waals surface area contributed by atoms with Gasteiger partial charge in [0.1, 0.15) is 11.0 Å². The molecule has 62 valence electrons. The van der Waals surface area contributed by atoms with Crippen LogP contribution >= 0.6 is 23.3 Å². The molecule has 0 spiro atoms. The lowest BCUT2D eigenvalue weighted by Crippen LogP contribution is -1.83. The van der Waals surface area contributed by atoms with Crippen molar-refractivity contribution >= 4 is 34.4 Å². The molecule has 4 heteroatoms. The van der Waals surface area contributed by atoms with E-state index in [1.54, 1.807) is 0 Å². The van der Waals surface area contributed by atoms with Crippen molar-refractivity contribution in [3.63, 3.8) is 0 Å². The van der Waals surface area contributed by atoms with Crippen LogP contribution in [0.5, 0.6) is 0 Å². The van der Waals surface area contributed by atoms with Crippen molar-refractivity contribution in [2.24, 2.45) is 0 Å². The first kappa shape index (κ1) is 7.95. The molecule has 0 N–H and O–H groups in total. The normalized spacial score (nSPS) is 10.9. The van der Waals surface area contributed by atoms with Gasteiger partial charge < -0.3 is 0 Å². The molecule has 0 unspecified atom stereocenters. The van der Waals surface area contributed by atoms with Crippen LogP contribution < -0.4 is 0 Å². The zero-order valence-electron chi connectivity index (χ0n) is 6.76. The fraction of sp³-hybridized carbons (Fsp3) is 0.250. The van der Waals surface area contributed by atoms with E-state index in [2.05, 4.69) is 8.75 Å². The van der Waals surface area contributed by atoms with Gasteiger partial charge in [-0.15, -0.1) is 0 Å². The third kappa shape index (κ3) is 1.01. The number of aromatic nitrogens is 2. The molecule has 0 saturated carbocycles. The van der Waals surface area contributed by atoms with Gasteiger partial charge in [0.2, 0.25) is 0 Å². The second-order valence-corrected chi connectivity index (χ2v) is 3.67. The molecule has 2 nitrogen and oxygen atoms in total. The van der Waals surface area contributed by atoms with Gasteiger partial charge in [-0.3, -0.25) is 0 Å². The molecular weight excluding hydrogens is 192 g/mol. The number of aryl methyl sites for hydroxylation is 1. The van der Waals surface area contributed by atoms with E-state index >= 15 is 0 Å². The van der Waals surface area contributed by atoms with Crippen molar-refractivity contribution in [1.82, 2.24) is 8.75 Å². The molecule has 0 aliphatic heterocycles. The van der Waals surface area contributed by atoms with E-state index < -0.39 is 0 Å². The zero-order valence-corrected chi connectivity index (χ0v) is 8.33. The van der Waals surface area contributed by atoms with Crippen LogP contribution in [0.1, 0.15) is 11.1 Å². The molecule has 0 amide bonds. The van der Waals surface area contributed by atoms with Gasteiger partial charge in [0.05, 0.1) is 16.8 Å². The van der Waals surface area contributed by atoms with Crippen molar-refractivity contribution in [3.05, 3.63) is 22.2 Å². The Morgan fingerprint density at radius 2 is 2.08 bits per heavy atom. The largest absolute Gasteiger partial charge is 0.173 e. The van der Waals surface area contributed by atoms with Gasteiger partial charge in [-0.2, -0.15) is 8.75 Å². The minimum atomic E-state index is 0.735. The molecule has 0 fully saturated rings. The maximum absolute atomic E-state index is 6.08. The van der Waals surface area contributed by atoms with Crippen LogP contribution in [0.4, 0.5) is 0 Å². The van der Waals surface area contributed by atoms with E-state index in [-0.39, 0.29) is 0 Å². The van der Waals surface area contributed by atoms with Crippen LogP contribution in [0.2, 0.25) is 5.02 Å². The number of hydrogen-bond acceptors (Lipinski definition) is 3. The predicted molar refractivity (Wildman–Crippen MR) is 51.9 cm³/mol. The van der Waals surface area contributed by atoms with Crippen molar-refractivity contribution in [2.75, 3.05) is 0 Å². The zero-order chi connectivity index (χ0) is 8.72. The fourth-order valence-electron chi connectivity index (χ4n) is 1.11. The second-order valence-electron chi connectivity index (χ2n) is 2.76. The SMILES string of the molecule is Cc1cc2nsnc2c(Cl)c1C. The standard InChI is InChI=1S/C8H7ClN2S/c1-4-3-6-8(11-12-10-6)7(9)5(4)2/h3H,1-2H3. The summed E-state index contributed by atoms with van der Waals surface area (Å²) < 4.78 is 8.25. The highest BCUT2D eigenvalue weighted by Gasteiger charge is 2.08. The van der Waals surface area contributed by atoms with E-state index in [4.69, 9.17) is 11.6 Å². The van der Waals surface area contributed by atoms with Crippen LogP contribution in [-0.4, -0.2) is 8.75 Å². The summed E-state index contributed by atoms with van der Waals surface area (Å²) in [5.74, 6) is 0. The lowest BCUT2D eigenvalue weighted by atomic mass is 10.1. The van der Waals surface area contributed by atoms with Gasteiger partial charge in [0, 0.05) is 0 Å². The third-order valence-electron chi connectivity index (χ3n) is 2.00. The highest BCUT2D eigenvalue weighted by molar-refractivity contribution is 7.00. The summed E-state index contributed by atoms with van der Waals surface area (Å²) in [5.41, 5.74) is 3.98. The fourth-order valence-corrected chi connectivity index (χ4v) is 1.98. The summed E-state index contributed by atoms with van der Waals surface area (Å²) in [5, 5.41) is 0.735. The molecule has 1 aromatic heterocycles. The van der Waals surface area contributed by atoms with E-state index in [1.807, 2.05) is 19.9 Å². The molecule has 0 bridgehead atoms. The number of benzene rings is 1. The van der Waals surface area contributed by atoms with E-state index in [0.717, 1.165) is 21.6 Å². The minimum Gasteiger partial charge on any atom is -0.173 e. The number of fused-ring (bicyclic) bond motifs is 1. The Balaban J connectivity index is 2.94. The molecule has 1 heterocycles. The van der Waals surface area contributed by atoms with Crippen molar-refractivity contribution in [1.29, 1.82) is 0 Å². The van der Waals surface area contributed by atoms with Gasteiger partial charge in [-0.1, -0.05) is 11.6 Å². The first-order valence-electron chi connectivity index (χ1n) is 3.58. The number of halogens is 1. The number of rotatable bonds is 0. The summed E-state index contributed by atoms with van der Waals surface area (Å²) in [7, 11) is 0. The minimum absolute atomic E-state index is 0.735. The Morgan fingerprint density at radius 1 is 1.33 bits per heavy atom. The summed E-state index contributed by atoms with van der Waals surface area (Å²) in [4.78, 5) is 0. The van der Waals surface area contributed by atoms with Crippen molar-refractivity contribution in [3.8, 4) is 0 Å². The van der Waals surface area contributed by atoms with Crippen molar-refractivity contribution < 1.29 is 0 Å². The van der Waals surface area contributed by atoms with Crippen LogP contribution in [-0.2, 0) is 0 Å². The van der Waals surface area contributed by atoms with E-state index in [9.17, 15) is 0 Å². The third-order valence-corrected chi connectivity index (χ3v) is 3.00. The Morgan fingerprint density at radius 3 is 2.83 bits per heavy atom. The Bertz CT molecular complexity index is 436. The molecule has 2 aromatic rings. The molecule has 0 radical (unpaired) electrons. The van der Waals surface area contributed by atoms with Crippen molar-refractivity contribution in [2.45, 2.75) is 13.8 Å². The second kappa shape index (κ2) is 2.68. The van der Waals surface area contributed by atoms with Crippen LogP contribution in [0.3, 0.4) is 0 Å². The molecule has 12 heavy (non-hydrogen) atoms. The lowest BCUT2D eigenvalue weighted by Gasteiger charge is -2.01. The van der Waals surface area contributed by atoms with Gasteiger partial charge in [0.15, 0.2) is 0 Å². The molecule has 2 rings (SSSR count). The summed E-state index contributed by atoms with van der Waals surface area (Å²) in [6, 6.07) is 2.01. The summed E-state index contributed by atoms with van der Waals surface area (Å²) >= 11 is 7.28. The van der Waals surface area contributed by atoms with Gasteiger partial charge in [-0.05, 0) is 31.0 Å². The molecule has 1 aromatic carbocycles. The van der Waals surface area contributed by atoms with Gasteiger partial charge in [0.25, 0.3) is 0 Å². The predicted octanol–water partition coefficient (Wildman–Crippen LogP) is 2.96. The molecule has 0 atom stereocenters. The van der Waals surface area contributed by atoms with E-state index in [1.165, 1.54) is 17.3 Å². The van der Waals surface area contributed by atoms with Crippen LogP contribution in [0.25, 0.3) is 11.0 Å². The molecular formula is C8H7ClN2S. The van der Waals surface area contributed by atoms with Crippen LogP contribution in [0, 0.1) is 13.8 Å². The van der Waals surface area contributed by atoms with Crippen LogP contribution in [0.15, 0.2) is 6.07 Å². The monoisotopic (exact) mass is 198 g/mol. The summed E-state index contributed by atoms with van der Waals surface area (Å²) in [6.07, 6.45) is 0. The smallest absolute Gasteiger partial charge is 0.123 e.